The van der Waals surface area contributed by atoms with Crippen LogP contribution in [0.1, 0.15) is 11.3 Å². The lowest BCUT2D eigenvalue weighted by atomic mass is 10.1. The van der Waals surface area contributed by atoms with Crippen LogP contribution in [0.4, 0.5) is 5.69 Å². The Morgan fingerprint density at radius 1 is 1.19 bits per heavy atom. The van der Waals surface area contributed by atoms with Crippen molar-refractivity contribution in [1.82, 2.24) is 9.88 Å². The van der Waals surface area contributed by atoms with Crippen LogP contribution in [0.15, 0.2) is 47.1 Å². The number of carbonyl (C=O) groups excluding carboxylic acids is 1. The molecular weight excluding hydrogens is 330 g/mol. The third-order valence-electron chi connectivity index (χ3n) is 3.05. The monoisotopic (exact) mass is 347 g/mol. The molecule has 0 fully saturated rings. The fraction of sp³-hybridized carbons (Fsp3) is 0.250. The molecule has 0 spiro atoms. The number of amides is 1. The molecule has 4 nitrogen and oxygen atoms in total. The van der Waals surface area contributed by atoms with Crippen molar-refractivity contribution in [3.63, 3.8) is 0 Å². The molecule has 0 saturated heterocycles. The maximum Gasteiger partial charge on any atom is 0.226 e. The van der Waals surface area contributed by atoms with Crippen molar-refractivity contribution in [1.29, 1.82) is 0 Å². The van der Waals surface area contributed by atoms with Gasteiger partial charge in [0.05, 0.1) is 18.7 Å². The first-order chi connectivity index (χ1) is 10.0. The van der Waals surface area contributed by atoms with Crippen LogP contribution >= 0.6 is 15.9 Å². The maximum atomic E-state index is 11.6. The number of nitrogens with zero attached hydrogens (tertiary/aromatic N) is 2. The van der Waals surface area contributed by atoms with Gasteiger partial charge in [-0.3, -0.25) is 4.79 Å². The Kier molecular flexibility index (Phi) is 5.33. The summed E-state index contributed by atoms with van der Waals surface area (Å²) in [6.07, 6.45) is 0.431. The topological polar surface area (TPSA) is 45.2 Å². The lowest BCUT2D eigenvalue weighted by Gasteiger charge is -2.11. The van der Waals surface area contributed by atoms with E-state index in [1.165, 1.54) is 0 Å². The number of carbonyl (C=O) groups is 1. The summed E-state index contributed by atoms with van der Waals surface area (Å²) in [4.78, 5) is 17.6. The van der Waals surface area contributed by atoms with Gasteiger partial charge in [0.15, 0.2) is 0 Å². The summed E-state index contributed by atoms with van der Waals surface area (Å²) in [5, 5.41) is 3.31. The molecule has 1 heterocycles. The van der Waals surface area contributed by atoms with Gasteiger partial charge >= 0.3 is 0 Å². The van der Waals surface area contributed by atoms with Crippen LogP contribution in [-0.2, 0) is 17.8 Å². The average molecular weight is 348 g/mol. The Hall–Kier alpha value is -1.88. The van der Waals surface area contributed by atoms with Gasteiger partial charge < -0.3 is 10.2 Å². The second-order valence-electron chi connectivity index (χ2n) is 4.97. The van der Waals surface area contributed by atoms with Crippen LogP contribution in [0.25, 0.3) is 0 Å². The van der Waals surface area contributed by atoms with E-state index in [4.69, 9.17) is 0 Å². The van der Waals surface area contributed by atoms with Gasteiger partial charge in [0, 0.05) is 19.8 Å². The van der Waals surface area contributed by atoms with Crippen LogP contribution in [0.2, 0.25) is 0 Å². The van der Waals surface area contributed by atoms with Gasteiger partial charge in [-0.1, -0.05) is 18.2 Å². The number of hydrogen-bond donors (Lipinski definition) is 1. The molecule has 0 radical (unpaired) electrons. The van der Waals surface area contributed by atoms with E-state index in [2.05, 4.69) is 26.2 Å². The van der Waals surface area contributed by atoms with Crippen LogP contribution in [0.5, 0.6) is 0 Å². The standard InChI is InChI=1S/C16H18BrN3O/c1-20(2)16(21)10-12-6-8-13(9-7-12)18-11-14-4-3-5-15(17)19-14/h3-9,18H,10-11H2,1-2H3. The Morgan fingerprint density at radius 3 is 2.52 bits per heavy atom. The largest absolute Gasteiger partial charge is 0.379 e. The predicted molar refractivity (Wildman–Crippen MR) is 88.1 cm³/mol. The Balaban J connectivity index is 1.92. The molecule has 21 heavy (non-hydrogen) atoms. The summed E-state index contributed by atoms with van der Waals surface area (Å²) in [6, 6.07) is 13.7. The summed E-state index contributed by atoms with van der Waals surface area (Å²) < 4.78 is 0.833. The molecule has 0 bridgehead atoms. The van der Waals surface area contributed by atoms with E-state index < -0.39 is 0 Å². The molecule has 1 aromatic carbocycles. The van der Waals surface area contributed by atoms with E-state index in [9.17, 15) is 4.79 Å². The summed E-state index contributed by atoms with van der Waals surface area (Å²) in [5.74, 6) is 0.106. The molecule has 2 aromatic rings. The van der Waals surface area contributed by atoms with Gasteiger partial charge in [-0.05, 0) is 45.8 Å². The summed E-state index contributed by atoms with van der Waals surface area (Å²) >= 11 is 3.36. The normalized spacial score (nSPS) is 10.2. The quantitative estimate of drug-likeness (QED) is 0.845. The molecule has 0 saturated carbocycles. The lowest BCUT2D eigenvalue weighted by molar-refractivity contribution is -0.127. The van der Waals surface area contributed by atoms with E-state index in [1.807, 2.05) is 42.5 Å². The predicted octanol–water partition coefficient (Wildman–Crippen LogP) is 3.09. The van der Waals surface area contributed by atoms with E-state index in [0.717, 1.165) is 21.5 Å². The van der Waals surface area contributed by atoms with Gasteiger partial charge in [0.1, 0.15) is 4.60 Å². The third kappa shape index (κ3) is 4.86. The third-order valence-corrected chi connectivity index (χ3v) is 3.50. The molecule has 5 heteroatoms. The Labute approximate surface area is 133 Å². The Bertz CT molecular complexity index is 611. The van der Waals surface area contributed by atoms with Crippen LogP contribution in [-0.4, -0.2) is 29.9 Å². The van der Waals surface area contributed by atoms with Gasteiger partial charge in [0.25, 0.3) is 0 Å². The molecular formula is C16H18BrN3O. The van der Waals surface area contributed by atoms with Crippen LogP contribution in [0.3, 0.4) is 0 Å². The summed E-state index contributed by atoms with van der Waals surface area (Å²) in [6.45, 7) is 0.662. The molecule has 0 aliphatic heterocycles. The van der Waals surface area contributed by atoms with Crippen molar-refractivity contribution in [2.75, 3.05) is 19.4 Å². The second-order valence-corrected chi connectivity index (χ2v) is 5.78. The number of nitrogens with one attached hydrogen (secondary N) is 1. The van der Waals surface area contributed by atoms with Crippen molar-refractivity contribution in [2.24, 2.45) is 0 Å². The molecule has 0 atom stereocenters. The molecule has 0 unspecified atom stereocenters. The van der Waals surface area contributed by atoms with E-state index >= 15 is 0 Å². The zero-order valence-electron chi connectivity index (χ0n) is 12.1. The summed E-state index contributed by atoms with van der Waals surface area (Å²) in [7, 11) is 3.53. The number of pyridine rings is 1. The fourth-order valence-corrected chi connectivity index (χ4v) is 2.19. The minimum absolute atomic E-state index is 0.106. The van der Waals surface area contributed by atoms with Crippen molar-refractivity contribution in [2.45, 2.75) is 13.0 Å². The first kappa shape index (κ1) is 15.5. The highest BCUT2D eigenvalue weighted by molar-refractivity contribution is 9.10. The zero-order chi connectivity index (χ0) is 15.2. The highest BCUT2D eigenvalue weighted by atomic mass is 79.9. The van der Waals surface area contributed by atoms with Gasteiger partial charge in [-0.15, -0.1) is 0 Å². The molecule has 1 N–H and O–H groups in total. The SMILES string of the molecule is CN(C)C(=O)Cc1ccc(NCc2cccc(Br)n2)cc1. The van der Waals surface area contributed by atoms with Crippen molar-refractivity contribution >= 4 is 27.5 Å². The first-order valence-electron chi connectivity index (χ1n) is 6.69. The highest BCUT2D eigenvalue weighted by Crippen LogP contribution is 2.13. The molecule has 1 aromatic heterocycles. The van der Waals surface area contributed by atoms with Crippen LogP contribution in [0, 0.1) is 0 Å². The number of benzene rings is 1. The first-order valence-corrected chi connectivity index (χ1v) is 7.48. The second kappa shape index (κ2) is 7.22. The number of aromatic nitrogens is 1. The molecule has 0 aliphatic carbocycles. The summed E-state index contributed by atoms with van der Waals surface area (Å²) in [5.41, 5.74) is 2.99. The molecule has 0 aliphatic rings. The van der Waals surface area contributed by atoms with Gasteiger partial charge in [0.2, 0.25) is 5.91 Å². The van der Waals surface area contributed by atoms with Gasteiger partial charge in [-0.25, -0.2) is 4.98 Å². The average Bonchev–Trinajstić information content (AvgIpc) is 2.46. The Morgan fingerprint density at radius 2 is 1.90 bits per heavy atom. The maximum absolute atomic E-state index is 11.6. The van der Waals surface area contributed by atoms with Gasteiger partial charge in [-0.2, -0.15) is 0 Å². The number of anilines is 1. The fourth-order valence-electron chi connectivity index (χ4n) is 1.81. The van der Waals surface area contributed by atoms with Crippen molar-refractivity contribution in [3.8, 4) is 0 Å². The lowest BCUT2D eigenvalue weighted by Crippen LogP contribution is -2.23. The molecule has 1 amide bonds. The number of halogens is 1. The number of hydrogen-bond acceptors (Lipinski definition) is 3. The minimum atomic E-state index is 0.106. The zero-order valence-corrected chi connectivity index (χ0v) is 13.7. The van der Waals surface area contributed by atoms with Crippen molar-refractivity contribution in [3.05, 3.63) is 58.3 Å². The highest BCUT2D eigenvalue weighted by Gasteiger charge is 2.05. The van der Waals surface area contributed by atoms with E-state index in [0.29, 0.717) is 13.0 Å². The van der Waals surface area contributed by atoms with E-state index in [-0.39, 0.29) is 5.91 Å². The molecule has 2 rings (SSSR count). The molecule has 110 valence electrons. The number of rotatable bonds is 5. The smallest absolute Gasteiger partial charge is 0.226 e. The number of likely N-dealkylation sites (N-methyl/N-ethyl adjacent to an activating group) is 1. The van der Waals surface area contributed by atoms with Crippen molar-refractivity contribution < 1.29 is 4.79 Å². The van der Waals surface area contributed by atoms with Crippen LogP contribution < -0.4 is 5.32 Å². The minimum Gasteiger partial charge on any atom is -0.379 e. The van der Waals surface area contributed by atoms with E-state index in [1.54, 1.807) is 19.0 Å².